The Hall–Kier alpha value is -2.27. The smallest absolute Gasteiger partial charge is 0.337 e. The lowest BCUT2D eigenvalue weighted by atomic mass is 10.1. The Labute approximate surface area is 129 Å². The molecular formula is C13H16N2O8. The van der Waals surface area contributed by atoms with Crippen molar-refractivity contribution in [2.45, 2.75) is 24.5 Å². The van der Waals surface area contributed by atoms with Crippen LogP contribution in [0.15, 0.2) is 27.9 Å². The van der Waals surface area contributed by atoms with E-state index in [1.807, 2.05) is 0 Å². The van der Waals surface area contributed by atoms with Gasteiger partial charge in [-0.1, -0.05) is 0 Å². The van der Waals surface area contributed by atoms with Crippen LogP contribution in [0.3, 0.4) is 0 Å². The molecule has 1 aromatic rings. The van der Waals surface area contributed by atoms with E-state index in [1.54, 1.807) is 0 Å². The van der Waals surface area contributed by atoms with Gasteiger partial charge in [0.25, 0.3) is 5.56 Å². The lowest BCUT2D eigenvalue weighted by Gasteiger charge is -2.17. The highest BCUT2D eigenvalue weighted by Gasteiger charge is 2.43. The summed E-state index contributed by atoms with van der Waals surface area (Å²) >= 11 is 0. The van der Waals surface area contributed by atoms with Crippen molar-refractivity contribution in [3.63, 3.8) is 0 Å². The van der Waals surface area contributed by atoms with Gasteiger partial charge >= 0.3 is 11.7 Å². The van der Waals surface area contributed by atoms with E-state index in [9.17, 15) is 24.6 Å². The molecule has 1 aromatic heterocycles. The fourth-order valence-electron chi connectivity index (χ4n) is 2.15. The minimum atomic E-state index is -1.47. The van der Waals surface area contributed by atoms with Gasteiger partial charge in [-0.15, -0.1) is 0 Å². The zero-order chi connectivity index (χ0) is 17.1. The number of aliphatic hydroxyl groups excluding tert-OH is 3. The second-order valence-electron chi connectivity index (χ2n) is 4.78. The monoisotopic (exact) mass is 328 g/mol. The van der Waals surface area contributed by atoms with Gasteiger partial charge in [-0.05, 0) is 0 Å². The maximum atomic E-state index is 12.3. The van der Waals surface area contributed by atoms with E-state index in [0.29, 0.717) is 4.57 Å². The van der Waals surface area contributed by atoms with E-state index in [4.69, 9.17) is 9.84 Å². The highest BCUT2D eigenvalue weighted by Crippen LogP contribution is 2.27. The first-order valence-corrected chi connectivity index (χ1v) is 6.63. The van der Waals surface area contributed by atoms with Gasteiger partial charge in [0.15, 0.2) is 6.23 Å². The molecule has 23 heavy (non-hydrogen) atoms. The van der Waals surface area contributed by atoms with Crippen molar-refractivity contribution in [3.05, 3.63) is 39.2 Å². The Bertz CT molecular complexity index is 721. The molecule has 0 bridgehead atoms. The summed E-state index contributed by atoms with van der Waals surface area (Å²) in [7, 11) is 1.14. The number of methoxy groups -OCH3 is 1. The van der Waals surface area contributed by atoms with Crippen molar-refractivity contribution in [2.24, 2.45) is 0 Å². The maximum absolute atomic E-state index is 12.3. The van der Waals surface area contributed by atoms with E-state index < -0.39 is 48.4 Å². The summed E-state index contributed by atoms with van der Waals surface area (Å²) in [6, 6.07) is 1.03. The molecule has 0 aromatic carbocycles. The molecule has 126 valence electrons. The average molecular weight is 328 g/mol. The first kappa shape index (κ1) is 17.1. The molecule has 0 amide bonds. The standard InChI is InChI=1S/C13H16N2O8/c1-22-9(18)3-5-14-8(17)2-4-15(13(14)21)12-11(20)10(19)7(6-16)23-12/h2-5,7,10-12,16,19-20H,6H2,1H3/t7-,10-,11+,12-/m1/s1. The van der Waals surface area contributed by atoms with Gasteiger partial charge in [0.1, 0.15) is 18.3 Å². The predicted molar refractivity (Wildman–Crippen MR) is 75.3 cm³/mol. The molecule has 1 aliphatic heterocycles. The Balaban J connectivity index is 2.42. The van der Waals surface area contributed by atoms with Gasteiger partial charge in [-0.2, -0.15) is 0 Å². The molecule has 0 unspecified atom stereocenters. The molecule has 2 heterocycles. The van der Waals surface area contributed by atoms with Gasteiger partial charge < -0.3 is 24.8 Å². The summed E-state index contributed by atoms with van der Waals surface area (Å²) in [5.41, 5.74) is -1.61. The van der Waals surface area contributed by atoms with E-state index in [-0.39, 0.29) is 0 Å². The number of aromatic nitrogens is 2. The number of hydrogen-bond acceptors (Lipinski definition) is 8. The van der Waals surface area contributed by atoms with Crippen LogP contribution in [0.5, 0.6) is 0 Å². The first-order chi connectivity index (χ1) is 10.9. The summed E-state index contributed by atoms with van der Waals surface area (Å²) < 4.78 is 11.1. The summed E-state index contributed by atoms with van der Waals surface area (Å²) in [6.45, 7) is -0.550. The van der Waals surface area contributed by atoms with Crippen LogP contribution in [0.2, 0.25) is 0 Å². The van der Waals surface area contributed by atoms with Crippen LogP contribution in [-0.2, 0) is 14.3 Å². The Morgan fingerprint density at radius 1 is 1.39 bits per heavy atom. The van der Waals surface area contributed by atoms with Crippen LogP contribution in [0.1, 0.15) is 6.23 Å². The van der Waals surface area contributed by atoms with Crippen molar-refractivity contribution in [3.8, 4) is 0 Å². The zero-order valence-electron chi connectivity index (χ0n) is 12.1. The molecule has 1 saturated heterocycles. The molecule has 4 atom stereocenters. The molecule has 0 aliphatic carbocycles. The summed E-state index contributed by atoms with van der Waals surface area (Å²) in [5, 5.41) is 28.7. The second-order valence-corrected chi connectivity index (χ2v) is 4.78. The van der Waals surface area contributed by atoms with Crippen LogP contribution in [-0.4, -0.2) is 62.5 Å². The molecule has 1 fully saturated rings. The highest BCUT2D eigenvalue weighted by molar-refractivity contribution is 5.84. The van der Waals surface area contributed by atoms with Crippen molar-refractivity contribution >= 4 is 12.2 Å². The largest absolute Gasteiger partial charge is 0.466 e. The van der Waals surface area contributed by atoms with Crippen LogP contribution >= 0.6 is 0 Å². The summed E-state index contributed by atoms with van der Waals surface area (Å²) in [4.78, 5) is 35.1. The molecule has 10 nitrogen and oxygen atoms in total. The number of nitrogens with zero attached hydrogens (tertiary/aromatic N) is 2. The number of carbonyl (C=O) groups is 1. The van der Waals surface area contributed by atoms with Crippen LogP contribution < -0.4 is 11.2 Å². The first-order valence-electron chi connectivity index (χ1n) is 6.63. The van der Waals surface area contributed by atoms with Crippen molar-refractivity contribution in [1.29, 1.82) is 0 Å². The Kier molecular flexibility index (Phi) is 5.11. The van der Waals surface area contributed by atoms with Crippen molar-refractivity contribution in [1.82, 2.24) is 9.13 Å². The number of rotatable bonds is 4. The molecule has 3 N–H and O–H groups in total. The highest BCUT2D eigenvalue weighted by atomic mass is 16.6. The molecule has 2 rings (SSSR count). The molecule has 0 saturated carbocycles. The lowest BCUT2D eigenvalue weighted by Crippen LogP contribution is -2.41. The van der Waals surface area contributed by atoms with Crippen molar-refractivity contribution < 1.29 is 29.6 Å². The Morgan fingerprint density at radius 2 is 2.09 bits per heavy atom. The number of carbonyl (C=O) groups excluding carboxylic acids is 1. The number of ether oxygens (including phenoxy) is 2. The third-order valence-corrected chi connectivity index (χ3v) is 3.39. The van der Waals surface area contributed by atoms with Crippen LogP contribution in [0.25, 0.3) is 6.20 Å². The summed E-state index contributed by atoms with van der Waals surface area (Å²) in [6.07, 6.45) is -2.31. The minimum Gasteiger partial charge on any atom is -0.466 e. The van der Waals surface area contributed by atoms with Gasteiger partial charge in [-0.25, -0.2) is 14.2 Å². The van der Waals surface area contributed by atoms with Gasteiger partial charge in [-0.3, -0.25) is 9.36 Å². The molecular weight excluding hydrogens is 312 g/mol. The third-order valence-electron chi connectivity index (χ3n) is 3.39. The zero-order valence-corrected chi connectivity index (χ0v) is 12.1. The van der Waals surface area contributed by atoms with Gasteiger partial charge in [0.2, 0.25) is 0 Å². The van der Waals surface area contributed by atoms with Crippen LogP contribution in [0, 0.1) is 0 Å². The molecule has 0 radical (unpaired) electrons. The normalized spacial score (nSPS) is 27.5. The van der Waals surface area contributed by atoms with Crippen LogP contribution in [0.4, 0.5) is 0 Å². The topological polar surface area (TPSA) is 140 Å². The summed E-state index contributed by atoms with van der Waals surface area (Å²) in [5.74, 6) is -0.764. The maximum Gasteiger partial charge on any atom is 0.337 e. The quantitative estimate of drug-likeness (QED) is 0.399. The average Bonchev–Trinajstić information content (AvgIpc) is 2.82. The minimum absolute atomic E-state index is 0.550. The van der Waals surface area contributed by atoms with E-state index in [0.717, 1.165) is 36.2 Å². The molecule has 1 aliphatic rings. The Morgan fingerprint density at radius 3 is 2.65 bits per heavy atom. The predicted octanol–water partition coefficient (Wildman–Crippen LogP) is -2.73. The second kappa shape index (κ2) is 6.87. The van der Waals surface area contributed by atoms with Gasteiger partial charge in [0, 0.05) is 24.5 Å². The number of aliphatic hydroxyl groups is 3. The lowest BCUT2D eigenvalue weighted by molar-refractivity contribution is -0.134. The fraction of sp³-hybridized carbons (Fsp3) is 0.462. The third kappa shape index (κ3) is 3.24. The number of hydrogen-bond donors (Lipinski definition) is 3. The van der Waals surface area contributed by atoms with E-state index in [2.05, 4.69) is 4.74 Å². The molecule has 0 spiro atoms. The van der Waals surface area contributed by atoms with Gasteiger partial charge in [0.05, 0.1) is 13.7 Å². The SMILES string of the molecule is COC(=O)C=Cn1c(=O)ccn([C@@H]2O[C@H](CO)[C@@H](O)[C@@H]2O)c1=O. The molecule has 10 heteroatoms. The van der Waals surface area contributed by atoms with E-state index in [1.165, 1.54) is 0 Å². The van der Waals surface area contributed by atoms with E-state index >= 15 is 0 Å². The number of esters is 1. The van der Waals surface area contributed by atoms with Crippen molar-refractivity contribution in [2.75, 3.05) is 13.7 Å². The fourth-order valence-corrected chi connectivity index (χ4v) is 2.15.